The molecule has 1 heterocycles. The number of benzene rings is 2. The van der Waals surface area contributed by atoms with E-state index in [1.807, 2.05) is 24.3 Å². The fourth-order valence-corrected chi connectivity index (χ4v) is 2.00. The number of halogens is 2. The van der Waals surface area contributed by atoms with Gasteiger partial charge in [0, 0.05) is 17.2 Å². The first-order chi connectivity index (χ1) is 9.22. The van der Waals surface area contributed by atoms with Gasteiger partial charge >= 0.3 is 0 Å². The summed E-state index contributed by atoms with van der Waals surface area (Å²) in [5.41, 5.74) is 3.09. The molecule has 0 amide bonds. The molecule has 0 saturated heterocycles. The maximum atomic E-state index is 13.0. The van der Waals surface area contributed by atoms with E-state index in [9.17, 15) is 8.78 Å². The predicted molar refractivity (Wildman–Crippen MR) is 69.9 cm³/mol. The molecular weight excluding hydrogens is 244 g/mol. The van der Waals surface area contributed by atoms with Crippen LogP contribution in [0.2, 0.25) is 0 Å². The summed E-state index contributed by atoms with van der Waals surface area (Å²) in [7, 11) is 0. The first kappa shape index (κ1) is 11.6. The molecule has 0 saturated carbocycles. The molecule has 92 valence electrons. The lowest BCUT2D eigenvalue weighted by Crippen LogP contribution is -1.94. The standard InChI is InChI=1S/C16H9F2N/c17-13-7-11(8-14(18)9-13)5-6-16-15-4-2-1-3-12(15)10-19-16/h1-4,7-9H,10H2. The second-order valence-electron chi connectivity index (χ2n) is 4.23. The summed E-state index contributed by atoms with van der Waals surface area (Å²) in [6, 6.07) is 11.1. The van der Waals surface area contributed by atoms with E-state index in [1.54, 1.807) is 0 Å². The van der Waals surface area contributed by atoms with E-state index >= 15 is 0 Å². The van der Waals surface area contributed by atoms with Crippen molar-refractivity contribution in [2.24, 2.45) is 4.99 Å². The van der Waals surface area contributed by atoms with Crippen molar-refractivity contribution in [1.82, 2.24) is 0 Å². The van der Waals surface area contributed by atoms with Crippen LogP contribution in [0.15, 0.2) is 47.5 Å². The van der Waals surface area contributed by atoms with Gasteiger partial charge in [-0.2, -0.15) is 0 Å². The minimum absolute atomic E-state index is 0.310. The normalized spacial score (nSPS) is 12.4. The van der Waals surface area contributed by atoms with Gasteiger partial charge in [-0.25, -0.2) is 8.78 Å². The molecule has 0 spiro atoms. The smallest absolute Gasteiger partial charge is 0.127 e. The molecule has 0 aromatic heterocycles. The van der Waals surface area contributed by atoms with E-state index in [1.165, 1.54) is 12.1 Å². The zero-order chi connectivity index (χ0) is 13.2. The molecule has 3 rings (SSSR count). The molecule has 0 unspecified atom stereocenters. The molecule has 0 bridgehead atoms. The summed E-state index contributed by atoms with van der Waals surface area (Å²) in [5, 5.41) is 0. The molecule has 19 heavy (non-hydrogen) atoms. The van der Waals surface area contributed by atoms with E-state index in [0.29, 0.717) is 17.8 Å². The Hall–Kier alpha value is -2.47. The predicted octanol–water partition coefficient (Wildman–Crippen LogP) is 3.32. The van der Waals surface area contributed by atoms with Gasteiger partial charge in [-0.15, -0.1) is 0 Å². The average Bonchev–Trinajstić information content (AvgIpc) is 2.78. The van der Waals surface area contributed by atoms with Crippen molar-refractivity contribution in [3.63, 3.8) is 0 Å². The Bertz CT molecular complexity index is 716. The van der Waals surface area contributed by atoms with Crippen molar-refractivity contribution in [2.45, 2.75) is 6.54 Å². The monoisotopic (exact) mass is 253 g/mol. The lowest BCUT2D eigenvalue weighted by molar-refractivity contribution is 0.582. The Balaban J connectivity index is 1.94. The lowest BCUT2D eigenvalue weighted by Gasteiger charge is -1.96. The Labute approximate surface area is 109 Å². The van der Waals surface area contributed by atoms with Gasteiger partial charge in [0.1, 0.15) is 17.3 Å². The van der Waals surface area contributed by atoms with E-state index < -0.39 is 11.6 Å². The summed E-state index contributed by atoms with van der Waals surface area (Å²) in [5.74, 6) is 4.37. The molecule has 3 heteroatoms. The SMILES string of the molecule is Fc1cc(F)cc(C#CC2=NCc3ccccc32)c1. The molecule has 0 fully saturated rings. The third-order valence-corrected chi connectivity index (χ3v) is 2.87. The molecule has 1 aliphatic heterocycles. The van der Waals surface area contributed by atoms with Gasteiger partial charge in [-0.3, -0.25) is 4.99 Å². The van der Waals surface area contributed by atoms with Crippen molar-refractivity contribution in [2.75, 3.05) is 0 Å². The molecule has 0 radical (unpaired) electrons. The van der Waals surface area contributed by atoms with Crippen LogP contribution in [0.4, 0.5) is 8.78 Å². The Morgan fingerprint density at radius 2 is 1.68 bits per heavy atom. The number of hydrogen-bond donors (Lipinski definition) is 0. The van der Waals surface area contributed by atoms with Gasteiger partial charge in [0.15, 0.2) is 0 Å². The van der Waals surface area contributed by atoms with Gasteiger partial charge in [-0.05, 0) is 23.6 Å². The van der Waals surface area contributed by atoms with Crippen molar-refractivity contribution in [3.05, 3.63) is 70.8 Å². The van der Waals surface area contributed by atoms with Gasteiger partial charge in [0.2, 0.25) is 0 Å². The minimum Gasteiger partial charge on any atom is -0.271 e. The van der Waals surface area contributed by atoms with Gasteiger partial charge in [-0.1, -0.05) is 30.2 Å². The maximum Gasteiger partial charge on any atom is 0.127 e. The van der Waals surface area contributed by atoms with Gasteiger partial charge < -0.3 is 0 Å². The number of nitrogens with zero attached hydrogens (tertiary/aromatic N) is 1. The molecular formula is C16H9F2N. The second-order valence-corrected chi connectivity index (χ2v) is 4.23. The number of hydrogen-bond acceptors (Lipinski definition) is 1. The minimum atomic E-state index is -0.627. The zero-order valence-corrected chi connectivity index (χ0v) is 9.95. The second kappa shape index (κ2) is 4.66. The van der Waals surface area contributed by atoms with Crippen molar-refractivity contribution in [1.29, 1.82) is 0 Å². The summed E-state index contributed by atoms with van der Waals surface area (Å²) >= 11 is 0. The van der Waals surface area contributed by atoms with E-state index in [4.69, 9.17) is 0 Å². The summed E-state index contributed by atoms with van der Waals surface area (Å²) in [4.78, 5) is 4.32. The van der Waals surface area contributed by atoms with E-state index in [0.717, 1.165) is 17.2 Å². The van der Waals surface area contributed by atoms with E-state index in [2.05, 4.69) is 16.8 Å². The molecule has 2 aromatic carbocycles. The number of rotatable bonds is 0. The quantitative estimate of drug-likeness (QED) is 0.639. The topological polar surface area (TPSA) is 12.4 Å². The highest BCUT2D eigenvalue weighted by molar-refractivity contribution is 6.15. The Morgan fingerprint density at radius 3 is 2.47 bits per heavy atom. The van der Waals surface area contributed by atoms with Crippen LogP contribution in [0, 0.1) is 23.5 Å². The Morgan fingerprint density at radius 1 is 0.947 bits per heavy atom. The van der Waals surface area contributed by atoms with Crippen LogP contribution in [0.25, 0.3) is 0 Å². The molecule has 1 nitrogen and oxygen atoms in total. The first-order valence-electron chi connectivity index (χ1n) is 5.83. The maximum absolute atomic E-state index is 13.0. The fraction of sp³-hybridized carbons (Fsp3) is 0.0625. The highest BCUT2D eigenvalue weighted by Crippen LogP contribution is 2.17. The Kier molecular flexibility index (Phi) is 2.85. The highest BCUT2D eigenvalue weighted by Gasteiger charge is 2.12. The summed E-state index contributed by atoms with van der Waals surface area (Å²) in [6.07, 6.45) is 0. The van der Waals surface area contributed by atoms with Crippen LogP contribution in [0.3, 0.4) is 0 Å². The molecule has 0 aliphatic carbocycles. The molecule has 0 N–H and O–H groups in total. The van der Waals surface area contributed by atoms with Crippen LogP contribution in [0.1, 0.15) is 16.7 Å². The third kappa shape index (κ3) is 2.38. The van der Waals surface area contributed by atoms with Crippen molar-refractivity contribution in [3.8, 4) is 11.8 Å². The highest BCUT2D eigenvalue weighted by atomic mass is 19.1. The largest absolute Gasteiger partial charge is 0.271 e. The van der Waals surface area contributed by atoms with Crippen LogP contribution in [0.5, 0.6) is 0 Å². The number of aliphatic imine (C=N–C) groups is 1. The summed E-state index contributed by atoms with van der Waals surface area (Å²) in [6.45, 7) is 0.609. The van der Waals surface area contributed by atoms with Crippen molar-refractivity contribution < 1.29 is 8.78 Å². The van der Waals surface area contributed by atoms with Crippen LogP contribution < -0.4 is 0 Å². The zero-order valence-electron chi connectivity index (χ0n) is 9.95. The van der Waals surface area contributed by atoms with Crippen LogP contribution in [-0.2, 0) is 6.54 Å². The molecule has 0 atom stereocenters. The van der Waals surface area contributed by atoms with Crippen molar-refractivity contribution >= 4 is 5.71 Å². The van der Waals surface area contributed by atoms with Gasteiger partial charge in [0.05, 0.1) is 6.54 Å². The molecule has 1 aliphatic rings. The van der Waals surface area contributed by atoms with Gasteiger partial charge in [0.25, 0.3) is 0 Å². The molecule has 2 aromatic rings. The average molecular weight is 253 g/mol. The lowest BCUT2D eigenvalue weighted by atomic mass is 10.1. The van der Waals surface area contributed by atoms with E-state index in [-0.39, 0.29) is 0 Å². The van der Waals surface area contributed by atoms with Crippen LogP contribution >= 0.6 is 0 Å². The first-order valence-corrected chi connectivity index (χ1v) is 5.83. The summed E-state index contributed by atoms with van der Waals surface area (Å²) < 4.78 is 26.1. The third-order valence-electron chi connectivity index (χ3n) is 2.87. The number of fused-ring (bicyclic) bond motifs is 1. The van der Waals surface area contributed by atoms with Crippen LogP contribution in [-0.4, -0.2) is 5.71 Å². The fourth-order valence-electron chi connectivity index (χ4n) is 2.00.